The average Bonchev–Trinajstić information content (AvgIpc) is 2.74. The van der Waals surface area contributed by atoms with Gasteiger partial charge >= 0.3 is 6.16 Å². The number of nitrogens with one attached hydrogen (secondary N) is 1. The smallest absolute Gasteiger partial charge is 0.437 e. The largest absolute Gasteiger partial charge is 0.513 e. The number of anilines is 1. The van der Waals surface area contributed by atoms with Crippen molar-refractivity contribution in [2.75, 3.05) is 12.4 Å². The molecule has 180 valence electrons. The van der Waals surface area contributed by atoms with E-state index in [0.29, 0.717) is 11.2 Å². The Bertz CT molecular complexity index is 1330. The highest BCUT2D eigenvalue weighted by atomic mass is 16.7. The van der Waals surface area contributed by atoms with Crippen molar-refractivity contribution in [2.24, 2.45) is 0 Å². The molecule has 0 atom stereocenters. The first-order valence-electron chi connectivity index (χ1n) is 10.8. The molecule has 3 rings (SSSR count). The van der Waals surface area contributed by atoms with Crippen LogP contribution in [0.4, 0.5) is 10.5 Å². The lowest BCUT2D eigenvalue weighted by Crippen LogP contribution is -2.26. The van der Waals surface area contributed by atoms with Crippen LogP contribution < -0.4 is 15.5 Å². The molecule has 2 aromatic carbocycles. The van der Waals surface area contributed by atoms with Gasteiger partial charge in [-0.05, 0) is 34.6 Å². The third kappa shape index (κ3) is 4.90. The number of aromatic nitrogens is 1. The molecule has 1 aromatic heterocycles. The molecular formula is C26H30N2O6. The van der Waals surface area contributed by atoms with Crippen molar-refractivity contribution in [3.05, 3.63) is 69.5 Å². The number of para-hydroxylation sites is 1. The van der Waals surface area contributed by atoms with Crippen LogP contribution in [0.1, 0.15) is 63.0 Å². The summed E-state index contributed by atoms with van der Waals surface area (Å²) in [7, 11) is 1.21. The van der Waals surface area contributed by atoms with Crippen molar-refractivity contribution in [3.8, 4) is 5.75 Å². The summed E-state index contributed by atoms with van der Waals surface area (Å²) < 4.78 is 10.8. The molecule has 0 unspecified atom stereocenters. The van der Waals surface area contributed by atoms with Gasteiger partial charge in [0.1, 0.15) is 11.3 Å². The second-order valence-electron chi connectivity index (χ2n) is 10.1. The van der Waals surface area contributed by atoms with Crippen molar-refractivity contribution >= 4 is 28.7 Å². The van der Waals surface area contributed by atoms with Gasteiger partial charge in [0.15, 0.2) is 0 Å². The second kappa shape index (κ2) is 8.85. The molecule has 0 aliphatic carbocycles. The number of carbonyl (C=O) groups excluding carboxylic acids is 2. The molecule has 0 aliphatic heterocycles. The van der Waals surface area contributed by atoms with Gasteiger partial charge in [0, 0.05) is 22.7 Å². The van der Waals surface area contributed by atoms with Crippen LogP contribution in [0.2, 0.25) is 0 Å². The number of nitrogens with zero attached hydrogens (tertiary/aromatic N) is 1. The number of rotatable bonds is 3. The maximum absolute atomic E-state index is 13.2. The van der Waals surface area contributed by atoms with Gasteiger partial charge in [-0.2, -0.15) is 4.73 Å². The Morgan fingerprint density at radius 3 is 2.18 bits per heavy atom. The Morgan fingerprint density at radius 2 is 1.59 bits per heavy atom. The first-order chi connectivity index (χ1) is 15.7. The number of benzene rings is 2. The summed E-state index contributed by atoms with van der Waals surface area (Å²) in [4.78, 5) is 38.1. The lowest BCUT2D eigenvalue weighted by atomic mass is 9.79. The first-order valence-corrected chi connectivity index (χ1v) is 10.8. The van der Waals surface area contributed by atoms with Crippen LogP contribution in [0.15, 0.2) is 47.4 Å². The van der Waals surface area contributed by atoms with Crippen LogP contribution in [0.25, 0.3) is 10.9 Å². The van der Waals surface area contributed by atoms with E-state index in [1.807, 2.05) is 47.6 Å². The van der Waals surface area contributed by atoms with E-state index in [2.05, 4.69) is 10.1 Å². The van der Waals surface area contributed by atoms with Gasteiger partial charge in [-0.1, -0.05) is 53.7 Å². The van der Waals surface area contributed by atoms with Crippen LogP contribution in [0.5, 0.6) is 5.75 Å². The van der Waals surface area contributed by atoms with Crippen molar-refractivity contribution in [1.82, 2.24) is 4.73 Å². The van der Waals surface area contributed by atoms with Gasteiger partial charge in [0.25, 0.3) is 5.91 Å². The van der Waals surface area contributed by atoms with Gasteiger partial charge in [0.05, 0.1) is 18.8 Å². The normalized spacial score (nSPS) is 11.9. The molecule has 0 saturated carbocycles. The molecule has 0 bridgehead atoms. The summed E-state index contributed by atoms with van der Waals surface area (Å²) >= 11 is 0. The summed E-state index contributed by atoms with van der Waals surface area (Å²) in [6.45, 7) is 11.9. The minimum Gasteiger partial charge on any atom is -0.437 e. The molecule has 8 heteroatoms. The molecule has 1 amide bonds. The molecule has 2 N–H and O–H groups in total. The Hall–Kier alpha value is -3.81. The minimum atomic E-state index is -0.885. The minimum absolute atomic E-state index is 0.214. The van der Waals surface area contributed by atoms with Gasteiger partial charge in [0.2, 0.25) is 5.43 Å². The lowest BCUT2D eigenvalue weighted by Gasteiger charge is -2.29. The van der Waals surface area contributed by atoms with Crippen LogP contribution in [0, 0.1) is 0 Å². The number of fused-ring (bicyclic) bond motifs is 1. The summed E-state index contributed by atoms with van der Waals surface area (Å²) in [5.41, 5.74) is 0.702. The number of carbonyl (C=O) groups is 2. The number of hydrogen-bond donors (Lipinski definition) is 2. The first kappa shape index (κ1) is 24.8. The van der Waals surface area contributed by atoms with Crippen LogP contribution in [-0.2, 0) is 15.6 Å². The number of amides is 1. The zero-order chi connectivity index (χ0) is 25.4. The van der Waals surface area contributed by atoms with E-state index in [9.17, 15) is 19.6 Å². The van der Waals surface area contributed by atoms with E-state index < -0.39 is 22.9 Å². The number of methoxy groups -OCH3 is 1. The molecule has 0 radical (unpaired) electrons. The van der Waals surface area contributed by atoms with Crippen molar-refractivity contribution < 1.29 is 24.3 Å². The fourth-order valence-corrected chi connectivity index (χ4v) is 3.72. The van der Waals surface area contributed by atoms with Crippen LogP contribution in [0.3, 0.4) is 0 Å². The Labute approximate surface area is 198 Å². The summed E-state index contributed by atoms with van der Waals surface area (Å²) in [5.74, 6) is -0.461. The topological polar surface area (TPSA) is 107 Å². The number of ether oxygens (including phenoxy) is 2. The molecule has 3 aromatic rings. The summed E-state index contributed by atoms with van der Waals surface area (Å²) in [6, 6.07) is 9.92. The maximum atomic E-state index is 13.2. The van der Waals surface area contributed by atoms with Crippen molar-refractivity contribution in [2.45, 2.75) is 52.4 Å². The maximum Gasteiger partial charge on any atom is 0.513 e. The zero-order valence-corrected chi connectivity index (χ0v) is 20.5. The molecule has 0 spiro atoms. The zero-order valence-electron chi connectivity index (χ0n) is 20.5. The highest BCUT2D eigenvalue weighted by Gasteiger charge is 2.28. The molecule has 0 aliphatic rings. The fourth-order valence-electron chi connectivity index (χ4n) is 3.72. The predicted molar refractivity (Wildman–Crippen MR) is 130 cm³/mol. The second-order valence-corrected chi connectivity index (χ2v) is 10.1. The number of hydrogen-bond acceptors (Lipinski definition) is 6. The van der Waals surface area contributed by atoms with E-state index >= 15 is 0 Å². The molecule has 8 nitrogen and oxygen atoms in total. The van der Waals surface area contributed by atoms with Gasteiger partial charge in [-0.15, -0.1) is 0 Å². The standard InChI is InChI=1S/C26H30N2O6/c1-25(2,3)17-12-18(26(4,5)6)21(34-24(31)33-7)13-19(17)27-23(30)16-14-28(32)20-11-9-8-10-15(20)22(16)29/h8-14,32H,1-7H3,(H,27,30). The molecule has 0 fully saturated rings. The van der Waals surface area contributed by atoms with Crippen molar-refractivity contribution in [3.63, 3.8) is 0 Å². The third-order valence-corrected chi connectivity index (χ3v) is 5.48. The monoisotopic (exact) mass is 466 g/mol. The SMILES string of the molecule is COC(=O)Oc1cc(NC(=O)c2cn(O)c3ccccc3c2=O)c(C(C)(C)C)cc1C(C)(C)C. The third-order valence-electron chi connectivity index (χ3n) is 5.48. The Balaban J connectivity index is 2.17. The van der Waals surface area contributed by atoms with E-state index in [4.69, 9.17) is 4.74 Å². The van der Waals surface area contributed by atoms with Crippen molar-refractivity contribution in [1.29, 1.82) is 0 Å². The highest BCUT2D eigenvalue weighted by molar-refractivity contribution is 6.06. The average molecular weight is 467 g/mol. The molecule has 34 heavy (non-hydrogen) atoms. The van der Waals surface area contributed by atoms with E-state index in [0.717, 1.165) is 22.1 Å². The molecule has 1 heterocycles. The van der Waals surface area contributed by atoms with Crippen LogP contribution >= 0.6 is 0 Å². The van der Waals surface area contributed by atoms with Gasteiger partial charge in [-0.3, -0.25) is 9.59 Å². The van der Waals surface area contributed by atoms with E-state index in [1.165, 1.54) is 7.11 Å². The van der Waals surface area contributed by atoms with Gasteiger partial charge < -0.3 is 20.0 Å². The van der Waals surface area contributed by atoms with E-state index in [1.54, 1.807) is 30.3 Å². The fraction of sp³-hybridized carbons (Fsp3) is 0.346. The van der Waals surface area contributed by atoms with E-state index in [-0.39, 0.29) is 22.1 Å². The van der Waals surface area contributed by atoms with Gasteiger partial charge in [-0.25, -0.2) is 4.79 Å². The quantitative estimate of drug-likeness (QED) is 0.311. The molecule has 0 saturated heterocycles. The number of pyridine rings is 1. The highest BCUT2D eigenvalue weighted by Crippen LogP contribution is 2.40. The lowest BCUT2D eigenvalue weighted by molar-refractivity contribution is 0.102. The molecular weight excluding hydrogens is 436 g/mol. The Morgan fingerprint density at radius 1 is 0.971 bits per heavy atom. The van der Waals surface area contributed by atoms with Crippen LogP contribution in [-0.4, -0.2) is 29.1 Å². The predicted octanol–water partition coefficient (Wildman–Crippen LogP) is 5.23. The summed E-state index contributed by atoms with van der Waals surface area (Å²) in [6.07, 6.45) is 0.204. The summed E-state index contributed by atoms with van der Waals surface area (Å²) in [5, 5.41) is 13.3. The Kier molecular flexibility index (Phi) is 6.46.